The zero-order valence-electron chi connectivity index (χ0n) is 35.3. The average Bonchev–Trinajstić information content (AvgIpc) is 4.01. The number of sulfonamides is 1. The molecule has 4 aliphatic heterocycles. The van der Waals surface area contributed by atoms with Crippen LogP contribution < -0.4 is 30.7 Å². The molecule has 4 aliphatic rings. The Bertz CT molecular complexity index is 2850. The van der Waals surface area contributed by atoms with E-state index in [-0.39, 0.29) is 76.6 Å². The highest BCUT2D eigenvalue weighted by molar-refractivity contribution is 7.92. The minimum atomic E-state index is -3.73. The molecule has 0 radical (unpaired) electrons. The second-order valence-corrected chi connectivity index (χ2v) is 17.6. The molecule has 0 saturated carbocycles. The maximum absolute atomic E-state index is 14.7. The fourth-order valence-corrected chi connectivity index (χ4v) is 8.50. The number of hydrogen-bond donors (Lipinski definition) is 5. The molecule has 4 aromatic rings. The van der Waals surface area contributed by atoms with E-state index in [1.165, 1.54) is 66.2 Å². The second-order valence-electron chi connectivity index (χ2n) is 15.6. The van der Waals surface area contributed by atoms with Gasteiger partial charge in [-0.2, -0.15) is 0 Å². The van der Waals surface area contributed by atoms with Crippen molar-refractivity contribution < 1.29 is 55.4 Å². The quantitative estimate of drug-likeness (QED) is 0.0800. The number of halogens is 2. The van der Waals surface area contributed by atoms with Crippen molar-refractivity contribution in [3.63, 3.8) is 0 Å². The molecule has 0 aliphatic carbocycles. The minimum Gasteiger partial charge on any atom is -0.454 e. The number of anilines is 2. The smallest absolute Gasteiger partial charge is 0.267 e. The number of piperidine rings is 1. The number of amides is 6. The predicted molar refractivity (Wildman–Crippen MR) is 229 cm³/mol. The summed E-state index contributed by atoms with van der Waals surface area (Å²) < 4.78 is 68.7. The number of benzene rings is 3. The topological polar surface area (TPSA) is 252 Å². The third-order valence-electron chi connectivity index (χ3n) is 11.1. The standard InChI is InChI=1S/C43H42F2N10O10S/c1-3-66(62,63)51-24-10-12-34(65-35-11-9-23(44)16-30(35)45)27(17-24)29-21-53(2)43(61)38-28(29)18-32(49-38)39(57)47-19-25-20-54(52-50-25)14-15-64-22-36(56)48-31-7-4-6-26-37(31)42(60)55(41(26)59)33-8-5-13-46-40(33)58/h4,6-7,9-12,16-18,20-21,28,33,38,49,51H,3,5,8,13-15,19,22H2,1-2H3,(H,46,58)(H,47,57)(H,48,56). The SMILES string of the molecule is CCS(=O)(=O)Nc1ccc(Oc2ccc(F)cc2F)c(C2=CN(C)C(=O)C3NC(C(=O)NCc4cn(CCOCC(=O)Nc5cccc6c5C(=O)N(C5CCCNC5=O)C6=O)nn4)=CC23)c1. The van der Waals surface area contributed by atoms with E-state index in [2.05, 4.69) is 36.3 Å². The Morgan fingerprint density at radius 1 is 1.00 bits per heavy atom. The molecule has 0 spiro atoms. The summed E-state index contributed by atoms with van der Waals surface area (Å²) in [5.74, 6) is -6.29. The van der Waals surface area contributed by atoms with Gasteiger partial charge >= 0.3 is 0 Å². The third-order valence-corrected chi connectivity index (χ3v) is 12.4. The Balaban J connectivity index is 0.873. The summed E-state index contributed by atoms with van der Waals surface area (Å²) >= 11 is 0. The molecule has 3 atom stereocenters. The van der Waals surface area contributed by atoms with Crippen LogP contribution in [0, 0.1) is 17.6 Å². The van der Waals surface area contributed by atoms with Crippen molar-refractivity contribution in [1.29, 1.82) is 0 Å². The van der Waals surface area contributed by atoms with E-state index >= 15 is 0 Å². The lowest BCUT2D eigenvalue weighted by molar-refractivity contribution is -0.130. The molecule has 344 valence electrons. The van der Waals surface area contributed by atoms with Crippen molar-refractivity contribution in [3.05, 3.63) is 113 Å². The van der Waals surface area contributed by atoms with E-state index in [9.17, 15) is 46.0 Å². The maximum atomic E-state index is 14.7. The van der Waals surface area contributed by atoms with Gasteiger partial charge in [0.2, 0.25) is 27.7 Å². The molecule has 1 saturated heterocycles. The first-order valence-electron chi connectivity index (χ1n) is 20.7. The number of carbonyl (C=O) groups is 6. The molecule has 3 unspecified atom stereocenters. The Morgan fingerprint density at radius 2 is 1.80 bits per heavy atom. The third kappa shape index (κ3) is 9.33. The molecule has 1 fully saturated rings. The summed E-state index contributed by atoms with van der Waals surface area (Å²) in [6.45, 7) is 1.64. The molecule has 5 heterocycles. The zero-order valence-corrected chi connectivity index (χ0v) is 36.1. The Morgan fingerprint density at radius 3 is 2.58 bits per heavy atom. The molecule has 6 amide bonds. The summed E-state index contributed by atoms with van der Waals surface area (Å²) in [5.41, 5.74) is 1.46. The molecule has 8 rings (SSSR count). The van der Waals surface area contributed by atoms with Gasteiger partial charge in [0, 0.05) is 43.0 Å². The molecular weight excluding hydrogens is 887 g/mol. The monoisotopic (exact) mass is 928 g/mol. The molecule has 23 heteroatoms. The normalized spacial score (nSPS) is 19.1. The number of carbonyl (C=O) groups excluding carboxylic acids is 6. The van der Waals surface area contributed by atoms with Crippen LogP contribution in [0.25, 0.3) is 5.57 Å². The highest BCUT2D eigenvalue weighted by Gasteiger charge is 2.45. The van der Waals surface area contributed by atoms with Crippen molar-refractivity contribution in [2.75, 3.05) is 42.6 Å². The zero-order chi connectivity index (χ0) is 46.9. The van der Waals surface area contributed by atoms with Gasteiger partial charge in [-0.1, -0.05) is 11.3 Å². The lowest BCUT2D eigenvalue weighted by Crippen LogP contribution is -2.52. The van der Waals surface area contributed by atoms with E-state index in [0.717, 1.165) is 17.0 Å². The lowest BCUT2D eigenvalue weighted by Gasteiger charge is -2.32. The summed E-state index contributed by atoms with van der Waals surface area (Å²) in [6.07, 6.45) is 5.55. The van der Waals surface area contributed by atoms with Crippen molar-refractivity contribution in [2.24, 2.45) is 5.92 Å². The first kappa shape index (κ1) is 45.1. The number of aromatic nitrogens is 3. The van der Waals surface area contributed by atoms with Gasteiger partial charge in [0.15, 0.2) is 11.6 Å². The van der Waals surface area contributed by atoms with Gasteiger partial charge in [0.25, 0.3) is 17.7 Å². The van der Waals surface area contributed by atoms with Crippen LogP contribution in [0.2, 0.25) is 0 Å². The fourth-order valence-electron chi connectivity index (χ4n) is 7.87. The van der Waals surface area contributed by atoms with Crippen LogP contribution in [0.5, 0.6) is 11.5 Å². The summed E-state index contributed by atoms with van der Waals surface area (Å²) in [7, 11) is -2.23. The van der Waals surface area contributed by atoms with E-state index in [0.29, 0.717) is 36.7 Å². The van der Waals surface area contributed by atoms with Gasteiger partial charge in [-0.15, -0.1) is 5.10 Å². The van der Waals surface area contributed by atoms with E-state index in [1.807, 2.05) is 0 Å². The highest BCUT2D eigenvalue weighted by atomic mass is 32.2. The number of fused-ring (bicyclic) bond motifs is 2. The Labute approximate surface area is 375 Å². The Hall–Kier alpha value is -7.53. The lowest BCUT2D eigenvalue weighted by atomic mass is 9.85. The van der Waals surface area contributed by atoms with Gasteiger partial charge in [-0.05, 0) is 73.9 Å². The van der Waals surface area contributed by atoms with Gasteiger partial charge < -0.3 is 35.6 Å². The van der Waals surface area contributed by atoms with E-state index in [4.69, 9.17) is 9.47 Å². The number of nitrogens with zero attached hydrogens (tertiary/aromatic N) is 5. The van der Waals surface area contributed by atoms with Gasteiger partial charge in [0.05, 0.1) is 54.2 Å². The molecular formula is C43H42F2N10O10S. The molecule has 66 heavy (non-hydrogen) atoms. The van der Waals surface area contributed by atoms with Crippen LogP contribution in [0.1, 0.15) is 51.7 Å². The first-order valence-corrected chi connectivity index (χ1v) is 22.3. The first-order chi connectivity index (χ1) is 31.6. The van der Waals surface area contributed by atoms with Crippen LogP contribution in [-0.2, 0) is 47.0 Å². The van der Waals surface area contributed by atoms with E-state index in [1.54, 1.807) is 12.3 Å². The van der Waals surface area contributed by atoms with Crippen LogP contribution in [-0.4, -0.2) is 113 Å². The second kappa shape index (κ2) is 18.5. The number of ether oxygens (including phenoxy) is 2. The van der Waals surface area contributed by atoms with Gasteiger partial charge in [-0.25, -0.2) is 21.9 Å². The van der Waals surface area contributed by atoms with E-state index < -0.39 is 75.8 Å². The molecule has 5 N–H and O–H groups in total. The summed E-state index contributed by atoms with van der Waals surface area (Å²) in [5, 5.41) is 19.1. The fraction of sp³-hybridized carbons (Fsp3) is 0.302. The predicted octanol–water partition coefficient (Wildman–Crippen LogP) is 2.24. The molecule has 20 nitrogen and oxygen atoms in total. The van der Waals surface area contributed by atoms with Crippen LogP contribution in [0.15, 0.2) is 78.8 Å². The molecule has 3 aromatic carbocycles. The highest BCUT2D eigenvalue weighted by Crippen LogP contribution is 2.42. The van der Waals surface area contributed by atoms with Crippen LogP contribution in [0.4, 0.5) is 20.2 Å². The van der Waals surface area contributed by atoms with Crippen molar-refractivity contribution in [2.45, 2.75) is 44.9 Å². The Kier molecular flexibility index (Phi) is 12.6. The number of nitrogens with one attached hydrogen (secondary N) is 5. The minimum absolute atomic E-state index is 0.00222. The van der Waals surface area contributed by atoms with Crippen LogP contribution in [0.3, 0.4) is 0 Å². The number of likely N-dealkylation sites (N-methyl/N-ethyl adjacent to an activating group) is 1. The molecule has 1 aromatic heterocycles. The van der Waals surface area contributed by atoms with Crippen molar-refractivity contribution in [1.82, 2.24) is 40.7 Å². The maximum Gasteiger partial charge on any atom is 0.267 e. The average molecular weight is 929 g/mol. The number of imide groups is 1. The summed E-state index contributed by atoms with van der Waals surface area (Å²) in [4.78, 5) is 80.8. The number of rotatable bonds is 16. The van der Waals surface area contributed by atoms with Gasteiger partial charge in [0.1, 0.15) is 36.0 Å². The largest absolute Gasteiger partial charge is 0.454 e. The summed E-state index contributed by atoms with van der Waals surface area (Å²) in [6, 6.07) is 9.63. The van der Waals surface area contributed by atoms with Crippen molar-refractivity contribution >= 4 is 62.4 Å². The number of hydrogen-bond acceptors (Lipinski definition) is 13. The van der Waals surface area contributed by atoms with Crippen LogP contribution >= 0.6 is 0 Å². The van der Waals surface area contributed by atoms with Crippen molar-refractivity contribution in [3.8, 4) is 11.5 Å². The molecule has 0 bridgehead atoms. The van der Waals surface area contributed by atoms with Gasteiger partial charge in [-0.3, -0.25) is 38.4 Å².